The van der Waals surface area contributed by atoms with E-state index in [9.17, 15) is 0 Å². The number of nitrogens with zero attached hydrogens (tertiary/aromatic N) is 2. The third-order valence-electron chi connectivity index (χ3n) is 3.45. The van der Waals surface area contributed by atoms with Crippen LogP contribution in [0.15, 0.2) is 22.9 Å². The van der Waals surface area contributed by atoms with Crippen molar-refractivity contribution in [2.24, 2.45) is 5.73 Å². The van der Waals surface area contributed by atoms with Crippen LogP contribution in [0, 0.1) is 6.92 Å². The van der Waals surface area contributed by atoms with Gasteiger partial charge in [0.25, 0.3) is 0 Å². The molecule has 0 amide bonds. The second-order valence-electron chi connectivity index (χ2n) is 4.77. The second-order valence-corrected chi connectivity index (χ2v) is 4.77. The predicted octanol–water partition coefficient (Wildman–Crippen LogP) is 2.17. The van der Waals surface area contributed by atoms with Gasteiger partial charge in [-0.1, -0.05) is 5.16 Å². The quantitative estimate of drug-likeness (QED) is 0.861. The van der Waals surface area contributed by atoms with Gasteiger partial charge >= 0.3 is 0 Å². The van der Waals surface area contributed by atoms with Gasteiger partial charge in [-0.15, -0.1) is 0 Å². The lowest BCUT2D eigenvalue weighted by Crippen LogP contribution is -2.18. The first-order chi connectivity index (χ1) is 8.24. The Morgan fingerprint density at radius 2 is 2.47 bits per heavy atom. The molecule has 0 fully saturated rings. The van der Waals surface area contributed by atoms with Crippen molar-refractivity contribution in [2.45, 2.75) is 38.8 Å². The molecule has 0 saturated heterocycles. The van der Waals surface area contributed by atoms with Crippen LogP contribution >= 0.6 is 0 Å². The highest BCUT2D eigenvalue weighted by molar-refractivity contribution is 5.29. The van der Waals surface area contributed by atoms with Crippen LogP contribution in [-0.2, 0) is 13.0 Å². The Labute approximate surface area is 100 Å². The molecule has 2 aromatic heterocycles. The molecule has 1 unspecified atom stereocenters. The molecule has 90 valence electrons. The van der Waals surface area contributed by atoms with Crippen LogP contribution in [0.4, 0.5) is 0 Å². The van der Waals surface area contributed by atoms with Gasteiger partial charge in [0.05, 0.1) is 6.54 Å². The van der Waals surface area contributed by atoms with Gasteiger partial charge in [0.15, 0.2) is 0 Å². The summed E-state index contributed by atoms with van der Waals surface area (Å²) in [5, 5.41) is 4.03. The molecule has 0 saturated carbocycles. The molecular formula is C13H17N3O. The smallest absolute Gasteiger partial charge is 0.133 e. The highest BCUT2D eigenvalue weighted by atomic mass is 16.5. The molecule has 0 aliphatic heterocycles. The number of nitrogens with two attached hydrogens (primary N) is 1. The van der Waals surface area contributed by atoms with E-state index in [4.69, 9.17) is 10.3 Å². The Morgan fingerprint density at radius 3 is 3.24 bits per heavy atom. The Balaban J connectivity index is 1.89. The van der Waals surface area contributed by atoms with E-state index in [-0.39, 0.29) is 6.04 Å². The summed E-state index contributed by atoms with van der Waals surface area (Å²) in [4.78, 5) is 0. The van der Waals surface area contributed by atoms with Crippen molar-refractivity contribution < 1.29 is 4.52 Å². The molecule has 0 aromatic carbocycles. The van der Waals surface area contributed by atoms with Crippen molar-refractivity contribution in [3.63, 3.8) is 0 Å². The minimum atomic E-state index is 0.207. The number of fused-ring (bicyclic) bond motifs is 1. The molecule has 0 bridgehead atoms. The number of aryl methyl sites for hydroxylation is 1. The maximum atomic E-state index is 6.11. The molecule has 4 heteroatoms. The normalized spacial score (nSPS) is 19.3. The second kappa shape index (κ2) is 4.04. The molecule has 0 spiro atoms. The van der Waals surface area contributed by atoms with E-state index in [1.807, 2.05) is 13.0 Å². The predicted molar refractivity (Wildman–Crippen MR) is 64.6 cm³/mol. The van der Waals surface area contributed by atoms with Crippen LogP contribution in [0.25, 0.3) is 0 Å². The van der Waals surface area contributed by atoms with Gasteiger partial charge in [-0.05, 0) is 37.8 Å². The monoisotopic (exact) mass is 231 g/mol. The summed E-state index contributed by atoms with van der Waals surface area (Å²) >= 11 is 0. The van der Waals surface area contributed by atoms with Gasteiger partial charge < -0.3 is 14.8 Å². The summed E-state index contributed by atoms with van der Waals surface area (Å²) in [6, 6.07) is 4.33. The highest BCUT2D eigenvalue weighted by Crippen LogP contribution is 2.29. The minimum Gasteiger partial charge on any atom is -0.361 e. The van der Waals surface area contributed by atoms with E-state index in [1.165, 1.54) is 17.7 Å². The van der Waals surface area contributed by atoms with E-state index in [0.717, 1.165) is 30.8 Å². The Morgan fingerprint density at radius 1 is 1.59 bits per heavy atom. The molecule has 17 heavy (non-hydrogen) atoms. The first-order valence-electron chi connectivity index (χ1n) is 6.10. The average Bonchev–Trinajstić information content (AvgIpc) is 2.88. The van der Waals surface area contributed by atoms with Crippen LogP contribution in [0.2, 0.25) is 0 Å². The van der Waals surface area contributed by atoms with Crippen molar-refractivity contribution >= 4 is 0 Å². The van der Waals surface area contributed by atoms with Gasteiger partial charge in [0.1, 0.15) is 11.5 Å². The Kier molecular flexibility index (Phi) is 2.52. The summed E-state index contributed by atoms with van der Waals surface area (Å²) in [7, 11) is 0. The average molecular weight is 231 g/mol. The Bertz CT molecular complexity index is 527. The van der Waals surface area contributed by atoms with Crippen LogP contribution in [0.5, 0.6) is 0 Å². The molecule has 1 aliphatic carbocycles. The summed E-state index contributed by atoms with van der Waals surface area (Å²) in [6.45, 7) is 2.69. The lowest BCUT2D eigenvalue weighted by molar-refractivity contribution is 0.388. The zero-order valence-corrected chi connectivity index (χ0v) is 10.0. The van der Waals surface area contributed by atoms with Crippen LogP contribution in [0.1, 0.15) is 41.6 Å². The summed E-state index contributed by atoms with van der Waals surface area (Å²) in [5.74, 6) is 0.859. The summed E-state index contributed by atoms with van der Waals surface area (Å²) in [6.07, 6.45) is 5.50. The standard InChI is InChI=1S/C13H17N3O/c1-9-7-10(15-17-9)8-16-6-5-11-12(14)3-2-4-13(11)16/h5-7,12H,2-4,8,14H2,1H3. The summed E-state index contributed by atoms with van der Waals surface area (Å²) < 4.78 is 7.33. The van der Waals surface area contributed by atoms with Gasteiger partial charge in [-0.25, -0.2) is 0 Å². The van der Waals surface area contributed by atoms with Crippen molar-refractivity contribution in [3.8, 4) is 0 Å². The van der Waals surface area contributed by atoms with Crippen LogP contribution in [-0.4, -0.2) is 9.72 Å². The number of rotatable bonds is 2. The van der Waals surface area contributed by atoms with Crippen molar-refractivity contribution in [2.75, 3.05) is 0 Å². The minimum absolute atomic E-state index is 0.207. The van der Waals surface area contributed by atoms with Gasteiger partial charge in [0.2, 0.25) is 0 Å². The SMILES string of the molecule is Cc1cc(Cn2ccc3c2CCCC3N)no1. The fourth-order valence-corrected chi connectivity index (χ4v) is 2.61. The number of aromatic nitrogens is 2. The van der Waals surface area contributed by atoms with Crippen LogP contribution in [0.3, 0.4) is 0 Å². The molecule has 2 aromatic rings. The van der Waals surface area contributed by atoms with Crippen molar-refractivity contribution in [1.82, 2.24) is 9.72 Å². The topological polar surface area (TPSA) is 57.0 Å². The maximum Gasteiger partial charge on any atom is 0.133 e. The lowest BCUT2D eigenvalue weighted by Gasteiger charge is -2.20. The van der Waals surface area contributed by atoms with Gasteiger partial charge in [0, 0.05) is 24.0 Å². The van der Waals surface area contributed by atoms with E-state index in [1.54, 1.807) is 0 Å². The van der Waals surface area contributed by atoms with Crippen molar-refractivity contribution in [1.29, 1.82) is 0 Å². The number of hydrogen-bond donors (Lipinski definition) is 1. The third kappa shape index (κ3) is 1.89. The molecule has 2 heterocycles. The largest absolute Gasteiger partial charge is 0.361 e. The third-order valence-corrected chi connectivity index (χ3v) is 3.45. The van der Waals surface area contributed by atoms with E-state index >= 15 is 0 Å². The molecule has 3 rings (SSSR count). The fraction of sp³-hybridized carbons (Fsp3) is 0.462. The van der Waals surface area contributed by atoms with Crippen molar-refractivity contribution in [3.05, 3.63) is 41.0 Å². The van der Waals surface area contributed by atoms with E-state index in [2.05, 4.69) is 22.0 Å². The van der Waals surface area contributed by atoms with Gasteiger partial charge in [-0.2, -0.15) is 0 Å². The number of hydrogen-bond acceptors (Lipinski definition) is 3. The molecule has 1 aliphatic rings. The first kappa shape index (κ1) is 10.6. The fourth-order valence-electron chi connectivity index (χ4n) is 2.61. The Hall–Kier alpha value is -1.55. The zero-order chi connectivity index (χ0) is 11.8. The molecular weight excluding hydrogens is 214 g/mol. The molecule has 4 nitrogen and oxygen atoms in total. The maximum absolute atomic E-state index is 6.11. The molecule has 0 radical (unpaired) electrons. The van der Waals surface area contributed by atoms with E-state index < -0.39 is 0 Å². The summed E-state index contributed by atoms with van der Waals surface area (Å²) in [5.41, 5.74) is 9.75. The highest BCUT2D eigenvalue weighted by Gasteiger charge is 2.20. The molecule has 1 atom stereocenters. The molecule has 2 N–H and O–H groups in total. The van der Waals surface area contributed by atoms with Crippen LogP contribution < -0.4 is 5.73 Å². The zero-order valence-electron chi connectivity index (χ0n) is 10.0. The first-order valence-corrected chi connectivity index (χ1v) is 6.10. The van der Waals surface area contributed by atoms with E-state index in [0.29, 0.717) is 0 Å². The van der Waals surface area contributed by atoms with Gasteiger partial charge in [-0.3, -0.25) is 0 Å². The lowest BCUT2D eigenvalue weighted by atomic mass is 9.94.